The first-order chi connectivity index (χ1) is 7.34. The molecule has 0 saturated carbocycles. The Kier molecular flexibility index (Phi) is 6.64. The van der Waals surface area contributed by atoms with Crippen LogP contribution in [-0.2, 0) is 0 Å². The molecule has 0 aromatic rings. The molecule has 3 nitrogen and oxygen atoms in total. The molecule has 88 valence electrons. The van der Waals surface area contributed by atoms with Crippen molar-refractivity contribution in [3.05, 3.63) is 0 Å². The minimum Gasteiger partial charge on any atom is -0.338 e. The zero-order chi connectivity index (χ0) is 10.9. The SMILES string of the molecule is CSCCCCCCN1CCCNC1=O. The van der Waals surface area contributed by atoms with Gasteiger partial charge in [-0.3, -0.25) is 0 Å². The zero-order valence-electron chi connectivity index (χ0n) is 9.63. The summed E-state index contributed by atoms with van der Waals surface area (Å²) < 4.78 is 0. The summed E-state index contributed by atoms with van der Waals surface area (Å²) in [6.45, 7) is 2.73. The highest BCUT2D eigenvalue weighted by atomic mass is 32.2. The normalized spacial score (nSPS) is 16.6. The van der Waals surface area contributed by atoms with E-state index >= 15 is 0 Å². The number of rotatable bonds is 7. The van der Waals surface area contributed by atoms with Crippen molar-refractivity contribution in [2.24, 2.45) is 0 Å². The Hall–Kier alpha value is -0.380. The molecule has 1 fully saturated rings. The van der Waals surface area contributed by atoms with Gasteiger partial charge in [-0.25, -0.2) is 4.79 Å². The molecule has 1 N–H and O–H groups in total. The Labute approximate surface area is 97.0 Å². The highest BCUT2D eigenvalue weighted by molar-refractivity contribution is 7.98. The molecule has 2 amide bonds. The van der Waals surface area contributed by atoms with E-state index in [2.05, 4.69) is 11.6 Å². The first kappa shape index (κ1) is 12.7. The number of nitrogens with zero attached hydrogens (tertiary/aromatic N) is 1. The van der Waals surface area contributed by atoms with Crippen molar-refractivity contribution in [2.75, 3.05) is 31.6 Å². The molecule has 1 heterocycles. The van der Waals surface area contributed by atoms with E-state index in [9.17, 15) is 4.79 Å². The summed E-state index contributed by atoms with van der Waals surface area (Å²) >= 11 is 1.91. The maximum atomic E-state index is 11.4. The highest BCUT2D eigenvalue weighted by Gasteiger charge is 2.15. The summed E-state index contributed by atoms with van der Waals surface area (Å²) in [7, 11) is 0. The first-order valence-electron chi connectivity index (χ1n) is 5.86. The van der Waals surface area contributed by atoms with Crippen LogP contribution in [0.1, 0.15) is 32.1 Å². The summed E-state index contributed by atoms with van der Waals surface area (Å²) in [4.78, 5) is 13.3. The average molecular weight is 230 g/mol. The van der Waals surface area contributed by atoms with Crippen LogP contribution in [0.25, 0.3) is 0 Å². The maximum Gasteiger partial charge on any atom is 0.317 e. The second-order valence-corrected chi connectivity index (χ2v) is 4.97. The van der Waals surface area contributed by atoms with E-state index in [1.165, 1.54) is 25.0 Å². The quantitative estimate of drug-likeness (QED) is 0.681. The number of carbonyl (C=O) groups is 1. The van der Waals surface area contributed by atoms with Gasteiger partial charge in [0.15, 0.2) is 0 Å². The third kappa shape index (κ3) is 5.30. The summed E-state index contributed by atoms with van der Waals surface area (Å²) in [5.41, 5.74) is 0. The molecule has 0 unspecified atom stereocenters. The summed E-state index contributed by atoms with van der Waals surface area (Å²) in [6, 6.07) is 0.130. The summed E-state index contributed by atoms with van der Waals surface area (Å²) in [5, 5.41) is 2.88. The van der Waals surface area contributed by atoms with E-state index in [4.69, 9.17) is 0 Å². The minimum atomic E-state index is 0.130. The molecule has 1 aliphatic heterocycles. The molecule has 0 aromatic heterocycles. The van der Waals surface area contributed by atoms with E-state index in [1.54, 1.807) is 0 Å². The number of unbranched alkanes of at least 4 members (excludes halogenated alkanes) is 3. The molecule has 0 atom stereocenters. The summed E-state index contributed by atoms with van der Waals surface area (Å²) in [6.07, 6.45) is 8.27. The number of hydrogen-bond acceptors (Lipinski definition) is 2. The van der Waals surface area contributed by atoms with E-state index < -0.39 is 0 Å². The lowest BCUT2D eigenvalue weighted by molar-refractivity contribution is 0.185. The molecule has 0 aromatic carbocycles. The van der Waals surface area contributed by atoms with E-state index in [0.717, 1.165) is 32.5 Å². The van der Waals surface area contributed by atoms with Gasteiger partial charge in [0.2, 0.25) is 0 Å². The molecule has 0 aliphatic carbocycles. The maximum absolute atomic E-state index is 11.4. The van der Waals surface area contributed by atoms with Crippen LogP contribution in [-0.4, -0.2) is 42.6 Å². The van der Waals surface area contributed by atoms with Crippen LogP contribution in [0.15, 0.2) is 0 Å². The van der Waals surface area contributed by atoms with Gasteiger partial charge >= 0.3 is 6.03 Å². The molecule has 0 spiro atoms. The van der Waals surface area contributed by atoms with Gasteiger partial charge < -0.3 is 10.2 Å². The Morgan fingerprint density at radius 1 is 1.33 bits per heavy atom. The molecular formula is C11H22N2OS. The molecule has 0 bridgehead atoms. The van der Waals surface area contributed by atoms with E-state index in [1.807, 2.05) is 16.7 Å². The second kappa shape index (κ2) is 7.85. The lowest BCUT2D eigenvalue weighted by atomic mass is 10.2. The van der Waals surface area contributed by atoms with Crippen LogP contribution in [0.5, 0.6) is 0 Å². The molecule has 4 heteroatoms. The second-order valence-electron chi connectivity index (χ2n) is 3.98. The predicted octanol–water partition coefficient (Wildman–Crippen LogP) is 2.33. The van der Waals surface area contributed by atoms with Gasteiger partial charge in [-0.2, -0.15) is 11.8 Å². The largest absolute Gasteiger partial charge is 0.338 e. The van der Waals surface area contributed by atoms with Crippen LogP contribution >= 0.6 is 11.8 Å². The standard InChI is InChI=1S/C11H22N2OS/c1-15-10-5-3-2-4-8-13-9-6-7-12-11(13)14/h2-10H2,1H3,(H,12,14). The number of carbonyl (C=O) groups excluding carboxylic acids is 1. The topological polar surface area (TPSA) is 32.3 Å². The van der Waals surface area contributed by atoms with Crippen LogP contribution in [0.4, 0.5) is 4.79 Å². The zero-order valence-corrected chi connectivity index (χ0v) is 10.4. The molecule has 0 radical (unpaired) electrons. The number of nitrogens with one attached hydrogen (secondary N) is 1. The van der Waals surface area contributed by atoms with Gasteiger partial charge in [0.1, 0.15) is 0 Å². The monoisotopic (exact) mass is 230 g/mol. The molecule has 1 rings (SSSR count). The Bertz CT molecular complexity index is 187. The number of hydrogen-bond donors (Lipinski definition) is 1. The fourth-order valence-electron chi connectivity index (χ4n) is 1.79. The first-order valence-corrected chi connectivity index (χ1v) is 7.25. The Balaban J connectivity index is 1.96. The van der Waals surface area contributed by atoms with Crippen LogP contribution in [0.2, 0.25) is 0 Å². The van der Waals surface area contributed by atoms with Crippen LogP contribution < -0.4 is 5.32 Å². The highest BCUT2D eigenvalue weighted by Crippen LogP contribution is 2.07. The fraction of sp³-hybridized carbons (Fsp3) is 0.909. The third-order valence-corrected chi connectivity index (χ3v) is 3.39. The van der Waals surface area contributed by atoms with Crippen molar-refractivity contribution in [2.45, 2.75) is 32.1 Å². The predicted molar refractivity (Wildman–Crippen MR) is 66.4 cm³/mol. The van der Waals surface area contributed by atoms with E-state index in [0.29, 0.717) is 0 Å². The molecule has 15 heavy (non-hydrogen) atoms. The molecular weight excluding hydrogens is 208 g/mol. The van der Waals surface area contributed by atoms with Crippen LogP contribution in [0, 0.1) is 0 Å². The van der Waals surface area contributed by atoms with Gasteiger partial charge in [0, 0.05) is 19.6 Å². The minimum absolute atomic E-state index is 0.130. The van der Waals surface area contributed by atoms with Crippen molar-refractivity contribution in [1.29, 1.82) is 0 Å². The number of urea groups is 1. The summed E-state index contributed by atoms with van der Waals surface area (Å²) in [5.74, 6) is 1.27. The lowest BCUT2D eigenvalue weighted by Gasteiger charge is -2.27. The third-order valence-electron chi connectivity index (χ3n) is 2.69. The average Bonchev–Trinajstić information content (AvgIpc) is 2.25. The number of amides is 2. The fourth-order valence-corrected chi connectivity index (χ4v) is 2.29. The van der Waals surface area contributed by atoms with Gasteiger partial charge in [-0.05, 0) is 31.3 Å². The van der Waals surface area contributed by atoms with Gasteiger partial charge in [0.05, 0.1) is 0 Å². The smallest absolute Gasteiger partial charge is 0.317 e. The van der Waals surface area contributed by atoms with Crippen molar-refractivity contribution in [1.82, 2.24) is 10.2 Å². The molecule has 1 saturated heterocycles. The number of thioether (sulfide) groups is 1. The lowest BCUT2D eigenvalue weighted by Crippen LogP contribution is -2.46. The Morgan fingerprint density at radius 2 is 2.13 bits per heavy atom. The van der Waals surface area contributed by atoms with Crippen molar-refractivity contribution in [3.8, 4) is 0 Å². The van der Waals surface area contributed by atoms with Gasteiger partial charge in [-0.15, -0.1) is 0 Å². The van der Waals surface area contributed by atoms with Crippen LogP contribution in [0.3, 0.4) is 0 Å². The van der Waals surface area contributed by atoms with Crippen molar-refractivity contribution in [3.63, 3.8) is 0 Å². The van der Waals surface area contributed by atoms with Crippen molar-refractivity contribution < 1.29 is 4.79 Å². The van der Waals surface area contributed by atoms with Gasteiger partial charge in [0.25, 0.3) is 0 Å². The van der Waals surface area contributed by atoms with E-state index in [-0.39, 0.29) is 6.03 Å². The van der Waals surface area contributed by atoms with Crippen molar-refractivity contribution >= 4 is 17.8 Å². The molecule has 1 aliphatic rings. The van der Waals surface area contributed by atoms with Gasteiger partial charge in [-0.1, -0.05) is 12.8 Å². The Morgan fingerprint density at radius 3 is 2.87 bits per heavy atom.